The molecule has 39 heteroatoms. The van der Waals surface area contributed by atoms with E-state index in [1.165, 1.54) is 0 Å². The molecule has 0 amide bonds. The molecule has 6 heterocycles. The SMILES string of the molecule is C=CCCCCCCCCO[C@H]1O[C@H](CO)[C@@H](O[C@@H]2O[C@H](COP(=O)(O)O[C@H]3O[C@H](CO)[C@@H](O[C@@H]4O[C@H](COP(=O)(O)O[C@H]5O[C@H](CO)[C@@H](O[C@@H]6O[C@H](CO)[C@H](O)[C@H](O)[C@H]6O)[C@H](O)[C@@H]5O)[C@H](O)[C@H](O)[C@H]4O)[C@H](O)[C@@H]3O)[C@H](O)[C@H](O)[C@H]2O)[C@H](O)[C@@H]1O. The van der Waals surface area contributed by atoms with Crippen LogP contribution in [-0.2, 0) is 74.6 Å². The monoisotopic (exact) mass is 1290 g/mol. The molecule has 85 heavy (non-hydrogen) atoms. The predicted molar refractivity (Wildman–Crippen MR) is 267 cm³/mol. The second kappa shape index (κ2) is 32.9. The Morgan fingerprint density at radius 2 is 0.647 bits per heavy atom. The second-order valence-corrected chi connectivity index (χ2v) is 23.8. The minimum atomic E-state index is -5.57. The standard InChI is InChI=1S/C46H82O37P2/c1-2-3-4-5-6-7-8-9-10-70-41-35(63)29(57)38(18(12-48)74-41)80-43-33(61)27(55)24(52)21(77-43)15-71-85(68,69)83-46-37(65)31(59)40(20(14-50)76-46)81-44-34(62)28(56)25(53)22(78-44)16-72-84(66,67)82-45-36(64)30(58)39(19(13-49)75-45)79-42-32(60)26(54)23(51)17(11-47)73-42/h2,17-65H,1,3-16H2,(H,66,67)(H,68,69)/t17-,18-,19-,20-,21-,22-,23+,24+,25+,26+,27+,28+,29-,30-,31-,32-,33-,34-,35+,36+,37+,38-,39-,40-,41+,42+,43+,44+,45-,46-/m1/s1. The lowest BCUT2D eigenvalue weighted by Gasteiger charge is -2.46. The first kappa shape index (κ1) is 72.9. The van der Waals surface area contributed by atoms with Crippen LogP contribution in [0.3, 0.4) is 0 Å². The van der Waals surface area contributed by atoms with Gasteiger partial charge in [0.2, 0.25) is 0 Å². The van der Waals surface area contributed by atoms with Crippen molar-refractivity contribution < 1.29 is 181 Å². The summed E-state index contributed by atoms with van der Waals surface area (Å²) in [6.45, 7) is -2.59. The maximum absolute atomic E-state index is 13.3. The van der Waals surface area contributed by atoms with E-state index in [2.05, 4.69) is 6.58 Å². The zero-order valence-electron chi connectivity index (χ0n) is 45.3. The van der Waals surface area contributed by atoms with Crippen LogP contribution in [0.4, 0.5) is 0 Å². The lowest BCUT2D eigenvalue weighted by atomic mass is 9.97. The van der Waals surface area contributed by atoms with Gasteiger partial charge in [0.05, 0.1) is 39.6 Å². The number of hydrogen-bond donors (Lipinski definition) is 21. The highest BCUT2D eigenvalue weighted by Gasteiger charge is 2.56. The lowest BCUT2D eigenvalue weighted by Crippen LogP contribution is -2.65. The quantitative estimate of drug-likeness (QED) is 0.0180. The Bertz CT molecular complexity index is 2090. The van der Waals surface area contributed by atoms with Crippen LogP contribution in [0.2, 0.25) is 0 Å². The van der Waals surface area contributed by atoms with Gasteiger partial charge in [-0.1, -0.05) is 31.8 Å². The smallest absolute Gasteiger partial charge is 0.394 e. The van der Waals surface area contributed by atoms with Gasteiger partial charge in [-0.15, -0.1) is 6.58 Å². The third-order valence-electron chi connectivity index (χ3n) is 14.9. The van der Waals surface area contributed by atoms with E-state index in [0.29, 0.717) is 6.42 Å². The number of unbranched alkanes of at least 4 members (excludes halogenated alkanes) is 6. The van der Waals surface area contributed by atoms with Crippen molar-refractivity contribution in [2.75, 3.05) is 46.2 Å². The highest BCUT2D eigenvalue weighted by atomic mass is 31.2. The molecule has 0 aromatic carbocycles. The summed E-state index contributed by atoms with van der Waals surface area (Å²) < 4.78 is 101. The summed E-state index contributed by atoms with van der Waals surface area (Å²) in [5.41, 5.74) is 0. The molecule has 6 saturated heterocycles. The van der Waals surface area contributed by atoms with Crippen LogP contribution < -0.4 is 0 Å². The molecule has 0 aromatic rings. The van der Waals surface area contributed by atoms with Crippen LogP contribution in [0.15, 0.2) is 12.7 Å². The first-order chi connectivity index (χ1) is 40.1. The van der Waals surface area contributed by atoms with Crippen molar-refractivity contribution >= 4 is 15.6 Å². The van der Waals surface area contributed by atoms with Crippen molar-refractivity contribution in [1.82, 2.24) is 0 Å². The molecule has 0 bridgehead atoms. The topological polar surface area (TPSA) is 588 Å². The molecule has 0 saturated carbocycles. The third kappa shape index (κ3) is 18.3. The molecule has 498 valence electrons. The Balaban J connectivity index is 0.994. The van der Waals surface area contributed by atoms with E-state index in [1.54, 1.807) is 0 Å². The van der Waals surface area contributed by atoms with Crippen LogP contribution in [-0.4, -0.2) is 337 Å². The van der Waals surface area contributed by atoms with Gasteiger partial charge in [-0.05, 0) is 19.3 Å². The summed E-state index contributed by atoms with van der Waals surface area (Å²) in [6.07, 6.45) is -51.9. The molecule has 0 aliphatic carbocycles. The highest BCUT2D eigenvalue weighted by molar-refractivity contribution is 7.47. The van der Waals surface area contributed by atoms with E-state index in [1.807, 2.05) is 6.08 Å². The molecule has 6 rings (SSSR count). The van der Waals surface area contributed by atoms with Crippen LogP contribution in [0.5, 0.6) is 0 Å². The molecule has 21 N–H and O–H groups in total. The van der Waals surface area contributed by atoms with Crippen LogP contribution >= 0.6 is 15.6 Å². The Labute approximate surface area is 484 Å². The number of hydrogen-bond acceptors (Lipinski definition) is 35. The summed E-state index contributed by atoms with van der Waals surface area (Å²) in [6, 6.07) is 0. The molecular formula is C46H82O37P2. The second-order valence-electron chi connectivity index (χ2n) is 21.0. The van der Waals surface area contributed by atoms with Crippen LogP contribution in [0, 0.1) is 0 Å². The summed E-state index contributed by atoms with van der Waals surface area (Å²) in [5, 5.41) is 200. The van der Waals surface area contributed by atoms with Crippen LogP contribution in [0.25, 0.3) is 0 Å². The maximum Gasteiger partial charge on any atom is 0.474 e. The van der Waals surface area contributed by atoms with Crippen molar-refractivity contribution in [1.29, 1.82) is 0 Å². The summed E-state index contributed by atoms with van der Waals surface area (Å²) in [4.78, 5) is 21.3. The molecule has 0 radical (unpaired) electrons. The van der Waals surface area contributed by atoms with Gasteiger partial charge < -0.3 is 154 Å². The van der Waals surface area contributed by atoms with E-state index in [-0.39, 0.29) is 6.61 Å². The summed E-state index contributed by atoms with van der Waals surface area (Å²) in [5.74, 6) is 0. The highest BCUT2D eigenvalue weighted by Crippen LogP contribution is 2.49. The molecule has 6 aliphatic heterocycles. The molecule has 0 spiro atoms. The summed E-state index contributed by atoms with van der Waals surface area (Å²) in [7, 11) is -11.1. The van der Waals surface area contributed by atoms with Gasteiger partial charge in [-0.2, -0.15) is 0 Å². The fourth-order valence-corrected chi connectivity index (χ4v) is 11.6. The number of allylic oxidation sites excluding steroid dienone is 1. The first-order valence-electron chi connectivity index (χ1n) is 27.2. The molecule has 0 aromatic heterocycles. The Morgan fingerprint density at radius 3 is 1.01 bits per heavy atom. The zero-order chi connectivity index (χ0) is 62.8. The first-order valence-corrected chi connectivity index (χ1v) is 30.2. The molecule has 6 aliphatic rings. The Hall–Kier alpha value is -1.20. The number of ether oxygens (including phenoxy) is 10. The predicted octanol–water partition coefficient (Wildman–Crippen LogP) is -9.93. The van der Waals surface area contributed by atoms with Crippen molar-refractivity contribution in [2.24, 2.45) is 0 Å². The zero-order valence-corrected chi connectivity index (χ0v) is 47.1. The fourth-order valence-electron chi connectivity index (χ4n) is 9.91. The largest absolute Gasteiger partial charge is 0.474 e. The minimum absolute atomic E-state index is 0.128. The van der Waals surface area contributed by atoms with Gasteiger partial charge in [-0.25, -0.2) is 9.13 Å². The van der Waals surface area contributed by atoms with E-state index in [0.717, 1.165) is 38.5 Å². The number of aliphatic hydroxyl groups excluding tert-OH is 19. The average Bonchev–Trinajstić information content (AvgIpc) is 2.31. The maximum atomic E-state index is 13.3. The Morgan fingerprint density at radius 1 is 0.353 bits per heavy atom. The fraction of sp³-hybridized carbons (Fsp3) is 0.957. The molecule has 2 unspecified atom stereocenters. The number of phosphoric ester groups is 2. The van der Waals surface area contributed by atoms with E-state index in [4.69, 9.17) is 65.5 Å². The van der Waals surface area contributed by atoms with E-state index < -0.39 is 240 Å². The number of rotatable bonds is 30. The van der Waals surface area contributed by atoms with Crippen molar-refractivity contribution in [3.8, 4) is 0 Å². The number of aliphatic hydroxyl groups is 19. The van der Waals surface area contributed by atoms with E-state index in [9.17, 15) is 116 Å². The van der Waals surface area contributed by atoms with Crippen LogP contribution in [0.1, 0.15) is 44.9 Å². The lowest BCUT2D eigenvalue weighted by molar-refractivity contribution is -0.359. The van der Waals surface area contributed by atoms with Gasteiger partial charge in [0, 0.05) is 6.61 Å². The molecular weight excluding hydrogens is 1210 g/mol. The minimum Gasteiger partial charge on any atom is -0.394 e. The normalized spacial score (nSPS) is 46.1. The van der Waals surface area contributed by atoms with Gasteiger partial charge in [0.15, 0.2) is 37.7 Å². The number of phosphoric acid groups is 2. The summed E-state index contributed by atoms with van der Waals surface area (Å²) >= 11 is 0. The molecule has 6 fully saturated rings. The van der Waals surface area contributed by atoms with E-state index >= 15 is 0 Å². The Kier molecular flexibility index (Phi) is 28.2. The third-order valence-corrected chi connectivity index (χ3v) is 16.8. The van der Waals surface area contributed by atoms with Gasteiger partial charge in [0.1, 0.15) is 146 Å². The van der Waals surface area contributed by atoms with Gasteiger partial charge in [-0.3, -0.25) is 18.1 Å². The van der Waals surface area contributed by atoms with Crippen molar-refractivity contribution in [3.63, 3.8) is 0 Å². The molecule has 37 nitrogen and oxygen atoms in total. The van der Waals surface area contributed by atoms with Crippen molar-refractivity contribution in [3.05, 3.63) is 12.7 Å². The van der Waals surface area contributed by atoms with Crippen molar-refractivity contribution in [2.45, 2.75) is 229 Å². The van der Waals surface area contributed by atoms with Gasteiger partial charge in [0.25, 0.3) is 0 Å². The van der Waals surface area contributed by atoms with Gasteiger partial charge >= 0.3 is 15.6 Å². The molecule has 32 atom stereocenters. The average molecular weight is 1290 g/mol.